The SMILES string of the molecule is Cc1ccc(C[C@@H]2CCCN2C[C@@H](O)COC(C)c2c(CCC(=O)O)ccc(F)c2F)cc1F. The first-order valence-corrected chi connectivity index (χ1v) is 11.6. The zero-order valence-electron chi connectivity index (χ0n) is 19.6. The van der Waals surface area contributed by atoms with Gasteiger partial charge in [0.2, 0.25) is 0 Å². The molecule has 2 N–H and O–H groups in total. The summed E-state index contributed by atoms with van der Waals surface area (Å²) in [6.45, 7) is 4.35. The van der Waals surface area contributed by atoms with Gasteiger partial charge in [0.15, 0.2) is 11.6 Å². The number of aliphatic carboxylic acids is 1. The van der Waals surface area contributed by atoms with Crippen LogP contribution in [-0.4, -0.2) is 52.9 Å². The Morgan fingerprint density at radius 1 is 1.21 bits per heavy atom. The first-order chi connectivity index (χ1) is 16.2. The third-order valence-electron chi connectivity index (χ3n) is 6.43. The summed E-state index contributed by atoms with van der Waals surface area (Å²) in [6, 6.07) is 7.77. The Hall–Kier alpha value is -2.42. The number of carboxylic acid groups (broad SMARTS) is 1. The molecule has 0 saturated carbocycles. The molecule has 2 aromatic carbocycles. The summed E-state index contributed by atoms with van der Waals surface area (Å²) in [5, 5.41) is 19.5. The van der Waals surface area contributed by atoms with Crippen molar-refractivity contribution >= 4 is 5.97 Å². The number of hydrogen-bond acceptors (Lipinski definition) is 4. The van der Waals surface area contributed by atoms with E-state index in [1.165, 1.54) is 6.07 Å². The predicted octanol–water partition coefficient (Wildman–Crippen LogP) is 4.58. The topological polar surface area (TPSA) is 70.0 Å². The van der Waals surface area contributed by atoms with E-state index in [0.29, 0.717) is 24.1 Å². The number of carbonyl (C=O) groups is 1. The lowest BCUT2D eigenvalue weighted by atomic mass is 9.98. The Kier molecular flexibility index (Phi) is 9.10. The largest absolute Gasteiger partial charge is 0.481 e. The lowest BCUT2D eigenvalue weighted by Crippen LogP contribution is -2.39. The number of aliphatic hydroxyl groups excluding tert-OH is 1. The van der Waals surface area contributed by atoms with Crippen LogP contribution in [-0.2, 0) is 22.4 Å². The molecule has 1 saturated heterocycles. The maximum Gasteiger partial charge on any atom is 0.303 e. The monoisotopic (exact) mass is 479 g/mol. The van der Waals surface area contributed by atoms with E-state index < -0.39 is 29.8 Å². The van der Waals surface area contributed by atoms with E-state index in [-0.39, 0.29) is 36.9 Å². The van der Waals surface area contributed by atoms with Gasteiger partial charge >= 0.3 is 5.97 Å². The second kappa shape index (κ2) is 11.8. The zero-order valence-corrected chi connectivity index (χ0v) is 19.6. The fourth-order valence-corrected chi connectivity index (χ4v) is 4.57. The fourth-order valence-electron chi connectivity index (χ4n) is 4.57. The molecule has 3 rings (SSSR count). The van der Waals surface area contributed by atoms with Gasteiger partial charge in [-0.25, -0.2) is 13.2 Å². The molecule has 0 spiro atoms. The van der Waals surface area contributed by atoms with Crippen LogP contribution in [0, 0.1) is 24.4 Å². The van der Waals surface area contributed by atoms with E-state index >= 15 is 0 Å². The van der Waals surface area contributed by atoms with Crippen molar-refractivity contribution < 1.29 is 32.9 Å². The van der Waals surface area contributed by atoms with Crippen molar-refractivity contribution in [3.05, 3.63) is 70.0 Å². The van der Waals surface area contributed by atoms with E-state index in [2.05, 4.69) is 4.90 Å². The van der Waals surface area contributed by atoms with Crippen molar-refractivity contribution in [2.45, 2.75) is 64.2 Å². The standard InChI is InChI=1S/C26H32F3NO4/c1-16-5-6-18(13-23(16)28)12-20-4-3-11-30(20)14-21(31)15-34-17(2)25-19(8-10-24(32)33)7-9-22(27)26(25)29/h5-7,9,13,17,20-21,31H,3-4,8,10-12,14-15H2,1-2H3,(H,32,33)/t17?,20-,21+/m0/s1. The summed E-state index contributed by atoms with van der Waals surface area (Å²) in [7, 11) is 0. The van der Waals surface area contributed by atoms with Gasteiger partial charge in [-0.1, -0.05) is 18.2 Å². The lowest BCUT2D eigenvalue weighted by Gasteiger charge is -2.28. The highest BCUT2D eigenvalue weighted by Crippen LogP contribution is 2.28. The Labute approximate surface area is 198 Å². The Bertz CT molecular complexity index is 1000. The van der Waals surface area contributed by atoms with Crippen molar-refractivity contribution in [2.24, 2.45) is 0 Å². The molecule has 186 valence electrons. The first kappa shape index (κ1) is 26.2. The van der Waals surface area contributed by atoms with Crippen LogP contribution in [0.5, 0.6) is 0 Å². The highest BCUT2D eigenvalue weighted by atomic mass is 19.2. The number of halogens is 3. The molecule has 5 nitrogen and oxygen atoms in total. The molecule has 0 bridgehead atoms. The lowest BCUT2D eigenvalue weighted by molar-refractivity contribution is -0.136. The van der Waals surface area contributed by atoms with Crippen LogP contribution in [0.1, 0.15) is 54.5 Å². The van der Waals surface area contributed by atoms with Gasteiger partial charge in [0.1, 0.15) is 5.82 Å². The molecule has 0 aliphatic carbocycles. The second-order valence-corrected chi connectivity index (χ2v) is 9.04. The summed E-state index contributed by atoms with van der Waals surface area (Å²) in [5.41, 5.74) is 1.87. The fraction of sp³-hybridized carbons (Fsp3) is 0.500. The number of hydrogen-bond donors (Lipinski definition) is 2. The number of nitrogens with zero attached hydrogens (tertiary/aromatic N) is 1. The molecule has 0 aromatic heterocycles. The molecule has 1 fully saturated rings. The van der Waals surface area contributed by atoms with E-state index in [9.17, 15) is 23.1 Å². The quantitative estimate of drug-likeness (QED) is 0.494. The Morgan fingerprint density at radius 3 is 2.68 bits per heavy atom. The summed E-state index contributed by atoms with van der Waals surface area (Å²) >= 11 is 0. The average molecular weight is 480 g/mol. The van der Waals surface area contributed by atoms with E-state index in [1.54, 1.807) is 26.0 Å². The number of carboxylic acids is 1. The van der Waals surface area contributed by atoms with Gasteiger partial charge in [-0.05, 0) is 74.9 Å². The minimum atomic E-state index is -1.06. The van der Waals surface area contributed by atoms with Crippen LogP contribution in [0.25, 0.3) is 0 Å². The minimum Gasteiger partial charge on any atom is -0.481 e. The van der Waals surface area contributed by atoms with E-state index in [4.69, 9.17) is 9.84 Å². The summed E-state index contributed by atoms with van der Waals surface area (Å²) in [4.78, 5) is 13.1. The summed E-state index contributed by atoms with van der Waals surface area (Å²) < 4.78 is 47.9. The van der Waals surface area contributed by atoms with Crippen LogP contribution in [0.3, 0.4) is 0 Å². The highest BCUT2D eigenvalue weighted by Gasteiger charge is 2.27. The average Bonchev–Trinajstić information content (AvgIpc) is 3.21. The third kappa shape index (κ3) is 6.81. The smallest absolute Gasteiger partial charge is 0.303 e. The Balaban J connectivity index is 1.58. The third-order valence-corrected chi connectivity index (χ3v) is 6.43. The molecule has 0 amide bonds. The molecular formula is C26H32F3NO4. The maximum atomic E-state index is 14.5. The molecule has 0 radical (unpaired) electrons. The van der Waals surface area contributed by atoms with Gasteiger partial charge < -0.3 is 14.9 Å². The van der Waals surface area contributed by atoms with E-state index in [0.717, 1.165) is 31.0 Å². The number of aryl methyl sites for hydroxylation is 2. The molecule has 1 heterocycles. The van der Waals surface area contributed by atoms with Gasteiger partial charge in [-0.2, -0.15) is 0 Å². The minimum absolute atomic E-state index is 0.0195. The van der Waals surface area contributed by atoms with Gasteiger partial charge in [-0.15, -0.1) is 0 Å². The van der Waals surface area contributed by atoms with Crippen molar-refractivity contribution in [1.82, 2.24) is 4.90 Å². The molecule has 8 heteroatoms. The summed E-state index contributed by atoms with van der Waals surface area (Å²) in [5.74, 6) is -3.35. The first-order valence-electron chi connectivity index (χ1n) is 11.6. The second-order valence-electron chi connectivity index (χ2n) is 9.04. The van der Waals surface area contributed by atoms with Gasteiger partial charge in [0.05, 0.1) is 18.8 Å². The van der Waals surface area contributed by atoms with E-state index in [1.807, 2.05) is 6.07 Å². The van der Waals surface area contributed by atoms with Crippen molar-refractivity contribution in [1.29, 1.82) is 0 Å². The highest BCUT2D eigenvalue weighted by molar-refractivity contribution is 5.67. The maximum absolute atomic E-state index is 14.5. The van der Waals surface area contributed by atoms with Gasteiger partial charge in [0.25, 0.3) is 0 Å². The number of likely N-dealkylation sites (tertiary alicyclic amines) is 1. The Morgan fingerprint density at radius 2 is 1.97 bits per heavy atom. The van der Waals surface area contributed by atoms with Crippen LogP contribution >= 0.6 is 0 Å². The van der Waals surface area contributed by atoms with Crippen molar-refractivity contribution in [3.8, 4) is 0 Å². The van der Waals surface area contributed by atoms with Gasteiger partial charge in [-0.3, -0.25) is 9.69 Å². The predicted molar refractivity (Wildman–Crippen MR) is 122 cm³/mol. The molecule has 3 atom stereocenters. The van der Waals surface area contributed by atoms with Crippen molar-refractivity contribution in [3.63, 3.8) is 0 Å². The molecule has 1 unspecified atom stereocenters. The number of β-amino-alcohol motifs (C(OH)–C–C–N with tert-alkyl or cyclic N) is 1. The normalized spacial score (nSPS) is 18.2. The van der Waals surface area contributed by atoms with Crippen LogP contribution in [0.2, 0.25) is 0 Å². The number of ether oxygens (including phenoxy) is 1. The van der Waals surface area contributed by atoms with Crippen LogP contribution in [0.4, 0.5) is 13.2 Å². The van der Waals surface area contributed by atoms with Gasteiger partial charge in [0, 0.05) is 24.6 Å². The molecule has 1 aliphatic rings. The number of aliphatic hydroxyl groups is 1. The number of benzene rings is 2. The molecule has 34 heavy (non-hydrogen) atoms. The summed E-state index contributed by atoms with van der Waals surface area (Å²) in [6.07, 6.45) is 0.728. The molecule has 1 aliphatic heterocycles. The zero-order chi connectivity index (χ0) is 24.8. The van der Waals surface area contributed by atoms with Crippen LogP contribution in [0.15, 0.2) is 30.3 Å². The number of rotatable bonds is 11. The molecular weight excluding hydrogens is 447 g/mol. The van der Waals surface area contributed by atoms with Crippen LogP contribution < -0.4 is 0 Å². The molecule has 2 aromatic rings. The van der Waals surface area contributed by atoms with Crippen molar-refractivity contribution in [2.75, 3.05) is 19.7 Å².